The number of carbonyl (C=O) groups excluding carboxylic acids is 1. The number of hydrogen-bond donors (Lipinski definition) is 2. The molecule has 2 atom stereocenters. The number of aliphatic hydroxyl groups excluding tert-OH is 1. The molecule has 116 valence electrons. The quantitative estimate of drug-likeness (QED) is 0.749. The Morgan fingerprint density at radius 1 is 1.30 bits per heavy atom. The van der Waals surface area contributed by atoms with Gasteiger partial charge in [-0.2, -0.15) is 0 Å². The molecule has 2 N–H and O–H groups in total. The Morgan fingerprint density at radius 2 is 2.13 bits per heavy atom. The second-order valence-corrected chi connectivity index (χ2v) is 5.84. The second kappa shape index (κ2) is 5.17. The molecule has 0 spiro atoms. The van der Waals surface area contributed by atoms with Crippen molar-refractivity contribution in [1.82, 2.24) is 20.3 Å². The van der Waals surface area contributed by atoms with Crippen LogP contribution < -0.4 is 5.32 Å². The molecule has 0 bridgehead atoms. The van der Waals surface area contributed by atoms with E-state index in [1.165, 1.54) is 0 Å². The van der Waals surface area contributed by atoms with Gasteiger partial charge < -0.3 is 10.4 Å². The van der Waals surface area contributed by atoms with Gasteiger partial charge in [0.05, 0.1) is 17.7 Å². The monoisotopic (exact) mass is 308 g/mol. The third-order valence-corrected chi connectivity index (χ3v) is 4.36. The molecule has 1 aliphatic rings. The van der Waals surface area contributed by atoms with Crippen molar-refractivity contribution in [3.05, 3.63) is 59.2 Å². The van der Waals surface area contributed by atoms with E-state index in [0.717, 1.165) is 16.6 Å². The average molecular weight is 308 g/mol. The molecule has 0 aliphatic heterocycles. The Balaban J connectivity index is 1.62. The number of fused-ring (bicyclic) bond motifs is 2. The Kier molecular flexibility index (Phi) is 3.12. The Hall–Kier alpha value is -2.73. The lowest BCUT2D eigenvalue weighted by atomic mass is 10.1. The average Bonchev–Trinajstić information content (AvgIpc) is 3.08. The smallest absolute Gasteiger partial charge is 0.251 e. The van der Waals surface area contributed by atoms with E-state index < -0.39 is 6.10 Å². The molecule has 0 radical (unpaired) electrons. The highest BCUT2D eigenvalue weighted by atomic mass is 16.3. The van der Waals surface area contributed by atoms with E-state index >= 15 is 0 Å². The summed E-state index contributed by atoms with van der Waals surface area (Å²) >= 11 is 0. The van der Waals surface area contributed by atoms with Crippen LogP contribution in [0, 0.1) is 0 Å². The summed E-state index contributed by atoms with van der Waals surface area (Å²) in [5, 5.41) is 21.1. The molecule has 1 aromatic heterocycles. The lowest BCUT2D eigenvalue weighted by Crippen LogP contribution is -2.33. The topological polar surface area (TPSA) is 80.0 Å². The zero-order chi connectivity index (χ0) is 16.0. The van der Waals surface area contributed by atoms with Gasteiger partial charge in [0, 0.05) is 19.0 Å². The van der Waals surface area contributed by atoms with Gasteiger partial charge in [0.15, 0.2) is 0 Å². The summed E-state index contributed by atoms with van der Waals surface area (Å²) in [6.07, 6.45) is -0.0405. The third-order valence-electron chi connectivity index (χ3n) is 4.36. The van der Waals surface area contributed by atoms with E-state index in [4.69, 9.17) is 0 Å². The van der Waals surface area contributed by atoms with Crippen LogP contribution in [-0.4, -0.2) is 32.1 Å². The van der Waals surface area contributed by atoms with Crippen molar-refractivity contribution in [1.29, 1.82) is 0 Å². The largest absolute Gasteiger partial charge is 0.390 e. The van der Waals surface area contributed by atoms with Gasteiger partial charge in [-0.25, -0.2) is 4.68 Å². The molecule has 23 heavy (non-hydrogen) atoms. The van der Waals surface area contributed by atoms with E-state index in [1.54, 1.807) is 23.9 Å². The molecule has 1 aliphatic carbocycles. The first-order chi connectivity index (χ1) is 11.1. The summed E-state index contributed by atoms with van der Waals surface area (Å²) in [4.78, 5) is 12.5. The first-order valence-corrected chi connectivity index (χ1v) is 7.49. The van der Waals surface area contributed by atoms with Crippen molar-refractivity contribution >= 4 is 16.9 Å². The van der Waals surface area contributed by atoms with Gasteiger partial charge in [0.1, 0.15) is 5.52 Å². The summed E-state index contributed by atoms with van der Waals surface area (Å²) in [5.74, 6) is -0.224. The Bertz CT molecular complexity index is 902. The first-order valence-electron chi connectivity index (χ1n) is 7.49. The molecule has 0 unspecified atom stereocenters. The Morgan fingerprint density at radius 3 is 3.00 bits per heavy atom. The minimum Gasteiger partial charge on any atom is -0.390 e. The van der Waals surface area contributed by atoms with Gasteiger partial charge in [-0.15, -0.1) is 5.10 Å². The molecule has 0 saturated heterocycles. The van der Waals surface area contributed by atoms with E-state index in [-0.39, 0.29) is 11.9 Å². The fourth-order valence-corrected chi connectivity index (χ4v) is 3.15. The predicted molar refractivity (Wildman–Crippen MR) is 84.9 cm³/mol. The fourth-order valence-electron chi connectivity index (χ4n) is 3.15. The van der Waals surface area contributed by atoms with E-state index in [9.17, 15) is 9.90 Å². The SMILES string of the molecule is Cn1nnc2cc(C(=O)N[C@@H]3c4ccccc4C[C@@H]3O)ccc21. The molecule has 3 aromatic rings. The van der Waals surface area contributed by atoms with Gasteiger partial charge in [-0.3, -0.25) is 4.79 Å². The molecule has 1 amide bonds. The predicted octanol–water partition coefficient (Wildman–Crippen LogP) is 1.36. The number of nitrogens with zero attached hydrogens (tertiary/aromatic N) is 3. The number of carbonyl (C=O) groups is 1. The van der Waals surface area contributed by atoms with Crippen molar-refractivity contribution in [3.63, 3.8) is 0 Å². The molecule has 4 rings (SSSR count). The molecular formula is C17H16N4O2. The molecule has 2 aromatic carbocycles. The lowest BCUT2D eigenvalue weighted by molar-refractivity contribution is 0.0858. The van der Waals surface area contributed by atoms with Crippen LogP contribution in [0.2, 0.25) is 0 Å². The summed E-state index contributed by atoms with van der Waals surface area (Å²) in [7, 11) is 1.81. The van der Waals surface area contributed by atoms with Gasteiger partial charge in [-0.05, 0) is 29.3 Å². The fraction of sp³-hybridized carbons (Fsp3) is 0.235. The van der Waals surface area contributed by atoms with Crippen LogP contribution in [0.5, 0.6) is 0 Å². The highest BCUT2D eigenvalue weighted by Gasteiger charge is 2.32. The van der Waals surface area contributed by atoms with Gasteiger partial charge >= 0.3 is 0 Å². The van der Waals surface area contributed by atoms with Crippen molar-refractivity contribution in [2.24, 2.45) is 7.05 Å². The maximum absolute atomic E-state index is 12.5. The summed E-state index contributed by atoms with van der Waals surface area (Å²) < 4.78 is 1.66. The number of benzene rings is 2. The van der Waals surface area contributed by atoms with Crippen LogP contribution in [0.25, 0.3) is 11.0 Å². The van der Waals surface area contributed by atoms with E-state index in [2.05, 4.69) is 15.6 Å². The standard InChI is InChI=1S/C17H16N4O2/c1-21-14-7-6-11(8-13(14)19-20-21)17(23)18-16-12-5-3-2-4-10(12)9-15(16)22/h2-8,15-16,22H,9H2,1H3,(H,18,23)/t15-,16+/m0/s1. The molecule has 0 saturated carbocycles. The molecule has 6 heteroatoms. The zero-order valence-electron chi connectivity index (χ0n) is 12.6. The summed E-state index contributed by atoms with van der Waals surface area (Å²) in [5.41, 5.74) is 4.11. The van der Waals surface area contributed by atoms with Crippen molar-refractivity contribution in [2.45, 2.75) is 18.6 Å². The zero-order valence-corrected chi connectivity index (χ0v) is 12.6. The number of nitrogens with one attached hydrogen (secondary N) is 1. The minimum absolute atomic E-state index is 0.224. The van der Waals surface area contributed by atoms with Crippen LogP contribution in [0.3, 0.4) is 0 Å². The van der Waals surface area contributed by atoms with Crippen LogP contribution in [0.4, 0.5) is 0 Å². The van der Waals surface area contributed by atoms with Gasteiger partial charge in [0.25, 0.3) is 5.91 Å². The van der Waals surface area contributed by atoms with Crippen LogP contribution in [0.1, 0.15) is 27.5 Å². The van der Waals surface area contributed by atoms with Crippen molar-refractivity contribution < 1.29 is 9.90 Å². The van der Waals surface area contributed by atoms with Crippen LogP contribution in [0.15, 0.2) is 42.5 Å². The third kappa shape index (κ3) is 2.27. The van der Waals surface area contributed by atoms with E-state index in [1.807, 2.05) is 30.3 Å². The number of aliphatic hydroxyl groups is 1. The molecule has 0 fully saturated rings. The van der Waals surface area contributed by atoms with Crippen molar-refractivity contribution in [3.8, 4) is 0 Å². The maximum Gasteiger partial charge on any atom is 0.251 e. The van der Waals surface area contributed by atoms with Gasteiger partial charge in [-0.1, -0.05) is 29.5 Å². The summed E-state index contributed by atoms with van der Waals surface area (Å²) in [6, 6.07) is 12.7. The number of rotatable bonds is 2. The van der Waals surface area contributed by atoms with E-state index in [0.29, 0.717) is 17.5 Å². The molecular weight excluding hydrogens is 292 g/mol. The summed E-state index contributed by atoms with van der Waals surface area (Å²) in [6.45, 7) is 0. The number of aryl methyl sites for hydroxylation is 1. The van der Waals surface area contributed by atoms with Gasteiger partial charge in [0.2, 0.25) is 0 Å². The minimum atomic E-state index is -0.600. The second-order valence-electron chi connectivity index (χ2n) is 5.84. The maximum atomic E-state index is 12.5. The van der Waals surface area contributed by atoms with Crippen LogP contribution in [-0.2, 0) is 13.5 Å². The number of hydrogen-bond acceptors (Lipinski definition) is 4. The number of aromatic nitrogens is 3. The molecule has 1 heterocycles. The highest BCUT2D eigenvalue weighted by Crippen LogP contribution is 2.31. The number of amides is 1. The van der Waals surface area contributed by atoms with Crippen LogP contribution >= 0.6 is 0 Å². The van der Waals surface area contributed by atoms with Crippen molar-refractivity contribution in [2.75, 3.05) is 0 Å². The lowest BCUT2D eigenvalue weighted by Gasteiger charge is -2.18. The Labute approximate surface area is 132 Å². The molecule has 6 nitrogen and oxygen atoms in total. The highest BCUT2D eigenvalue weighted by molar-refractivity contribution is 5.97. The first kappa shape index (κ1) is 13.9. The normalized spacial score (nSPS) is 19.7.